The van der Waals surface area contributed by atoms with Crippen LogP contribution in [0.2, 0.25) is 0 Å². The van der Waals surface area contributed by atoms with Crippen LogP contribution in [0.3, 0.4) is 0 Å². The zero-order chi connectivity index (χ0) is 13.0. The van der Waals surface area contributed by atoms with Crippen LogP contribution in [-0.4, -0.2) is 21.0 Å². The second-order valence-electron chi connectivity index (χ2n) is 3.84. The molecule has 92 valence electrons. The van der Waals surface area contributed by atoms with E-state index in [0.717, 1.165) is 5.56 Å². The van der Waals surface area contributed by atoms with E-state index >= 15 is 0 Å². The molecule has 2 N–H and O–H groups in total. The summed E-state index contributed by atoms with van der Waals surface area (Å²) < 4.78 is 0. The monoisotopic (exact) mass is 243 g/mol. The average molecular weight is 243 g/mol. The van der Waals surface area contributed by atoms with Crippen LogP contribution >= 0.6 is 0 Å². The molecule has 0 aliphatic heterocycles. The van der Waals surface area contributed by atoms with Gasteiger partial charge in [0.15, 0.2) is 0 Å². The van der Waals surface area contributed by atoms with Crippen molar-refractivity contribution < 1.29 is 9.90 Å². The third-order valence-corrected chi connectivity index (χ3v) is 2.54. The summed E-state index contributed by atoms with van der Waals surface area (Å²) >= 11 is 0. The Kier molecular flexibility index (Phi) is 3.52. The Morgan fingerprint density at radius 3 is 2.61 bits per heavy atom. The summed E-state index contributed by atoms with van der Waals surface area (Å²) in [5.74, 6) is -0.296. The Morgan fingerprint density at radius 2 is 2.00 bits per heavy atom. The van der Waals surface area contributed by atoms with Crippen LogP contribution in [-0.2, 0) is 6.54 Å². The van der Waals surface area contributed by atoms with Crippen LogP contribution in [0.5, 0.6) is 0 Å². The molecule has 5 nitrogen and oxygen atoms in total. The third kappa shape index (κ3) is 2.82. The number of aromatic carboxylic acids is 1. The first kappa shape index (κ1) is 12.0. The number of pyridine rings is 2. The van der Waals surface area contributed by atoms with E-state index in [1.807, 2.05) is 12.1 Å². The SMILES string of the molecule is Cc1nc(NCc2ccncc2)ccc1C(=O)O. The average Bonchev–Trinajstić information content (AvgIpc) is 2.37. The van der Waals surface area contributed by atoms with Crippen LogP contribution in [0.1, 0.15) is 21.6 Å². The third-order valence-electron chi connectivity index (χ3n) is 2.54. The van der Waals surface area contributed by atoms with E-state index in [0.29, 0.717) is 18.1 Å². The Balaban J connectivity index is 2.07. The lowest BCUT2D eigenvalue weighted by Gasteiger charge is -2.07. The van der Waals surface area contributed by atoms with Gasteiger partial charge >= 0.3 is 5.97 Å². The number of carboxylic acids is 1. The lowest BCUT2D eigenvalue weighted by molar-refractivity contribution is 0.0695. The maximum atomic E-state index is 10.8. The number of nitrogens with zero attached hydrogens (tertiary/aromatic N) is 2. The molecular weight excluding hydrogens is 230 g/mol. The van der Waals surface area contributed by atoms with Crippen molar-refractivity contribution >= 4 is 11.8 Å². The molecule has 2 heterocycles. The second kappa shape index (κ2) is 5.27. The fourth-order valence-corrected chi connectivity index (χ4v) is 1.58. The fraction of sp³-hybridized carbons (Fsp3) is 0.154. The normalized spacial score (nSPS) is 10.1. The molecule has 0 spiro atoms. The first-order valence-corrected chi connectivity index (χ1v) is 5.50. The molecule has 0 saturated carbocycles. The largest absolute Gasteiger partial charge is 0.478 e. The van der Waals surface area contributed by atoms with Gasteiger partial charge in [0, 0.05) is 18.9 Å². The summed E-state index contributed by atoms with van der Waals surface area (Å²) in [5, 5.41) is 12.0. The van der Waals surface area contributed by atoms with Gasteiger partial charge < -0.3 is 10.4 Å². The van der Waals surface area contributed by atoms with Crippen molar-refractivity contribution in [1.29, 1.82) is 0 Å². The number of carboxylic acid groups (broad SMARTS) is 1. The van der Waals surface area contributed by atoms with E-state index in [1.54, 1.807) is 31.5 Å². The van der Waals surface area contributed by atoms with Gasteiger partial charge in [0.1, 0.15) is 5.82 Å². The van der Waals surface area contributed by atoms with Crippen molar-refractivity contribution in [1.82, 2.24) is 9.97 Å². The van der Waals surface area contributed by atoms with Gasteiger partial charge in [0.2, 0.25) is 0 Å². The number of hydrogen-bond acceptors (Lipinski definition) is 4. The predicted octanol–water partition coefficient (Wildman–Crippen LogP) is 2.10. The molecule has 2 aromatic rings. The molecular formula is C13H13N3O2. The van der Waals surface area contributed by atoms with Gasteiger partial charge in [-0.3, -0.25) is 4.98 Å². The van der Waals surface area contributed by atoms with Gasteiger partial charge in [0.05, 0.1) is 11.3 Å². The van der Waals surface area contributed by atoms with Gasteiger partial charge in [0.25, 0.3) is 0 Å². The van der Waals surface area contributed by atoms with Gasteiger partial charge in [-0.15, -0.1) is 0 Å². The summed E-state index contributed by atoms with van der Waals surface area (Å²) in [6.45, 7) is 2.31. The molecule has 5 heteroatoms. The number of carbonyl (C=O) groups is 1. The Labute approximate surface area is 105 Å². The zero-order valence-electron chi connectivity index (χ0n) is 9.92. The van der Waals surface area contributed by atoms with Crippen LogP contribution in [0, 0.1) is 6.92 Å². The highest BCUT2D eigenvalue weighted by molar-refractivity contribution is 5.89. The number of nitrogens with one attached hydrogen (secondary N) is 1. The first-order chi connectivity index (χ1) is 8.66. The number of aromatic nitrogens is 2. The van der Waals surface area contributed by atoms with Crippen LogP contribution in [0.25, 0.3) is 0 Å². The van der Waals surface area contributed by atoms with Crippen LogP contribution in [0.4, 0.5) is 5.82 Å². The molecule has 0 bridgehead atoms. The van der Waals surface area contributed by atoms with E-state index in [-0.39, 0.29) is 5.56 Å². The van der Waals surface area contributed by atoms with E-state index < -0.39 is 5.97 Å². The summed E-state index contributed by atoms with van der Waals surface area (Å²) in [6, 6.07) is 7.04. The van der Waals surface area contributed by atoms with Gasteiger partial charge in [-0.25, -0.2) is 9.78 Å². The second-order valence-corrected chi connectivity index (χ2v) is 3.84. The topological polar surface area (TPSA) is 75.1 Å². The molecule has 2 aromatic heterocycles. The molecule has 0 amide bonds. The van der Waals surface area contributed by atoms with Crippen molar-refractivity contribution in [2.45, 2.75) is 13.5 Å². The molecule has 0 fully saturated rings. The first-order valence-electron chi connectivity index (χ1n) is 5.50. The molecule has 0 radical (unpaired) electrons. The van der Waals surface area contributed by atoms with Gasteiger partial charge in [-0.2, -0.15) is 0 Å². The molecule has 0 aromatic carbocycles. The number of rotatable bonds is 4. The number of hydrogen-bond donors (Lipinski definition) is 2. The van der Waals surface area contributed by atoms with E-state index in [9.17, 15) is 4.79 Å². The summed E-state index contributed by atoms with van der Waals surface area (Å²) in [5.41, 5.74) is 1.82. The number of anilines is 1. The van der Waals surface area contributed by atoms with Crippen LogP contribution < -0.4 is 5.32 Å². The molecule has 0 aliphatic rings. The quantitative estimate of drug-likeness (QED) is 0.860. The Hall–Kier alpha value is -2.43. The van der Waals surface area contributed by atoms with Crippen LogP contribution in [0.15, 0.2) is 36.7 Å². The molecule has 2 rings (SSSR count). The van der Waals surface area contributed by atoms with Crippen molar-refractivity contribution in [3.05, 3.63) is 53.5 Å². The van der Waals surface area contributed by atoms with Crippen molar-refractivity contribution in [2.75, 3.05) is 5.32 Å². The fourth-order valence-electron chi connectivity index (χ4n) is 1.58. The molecule has 0 unspecified atom stereocenters. The lowest BCUT2D eigenvalue weighted by atomic mass is 10.2. The minimum absolute atomic E-state index is 0.226. The van der Waals surface area contributed by atoms with Gasteiger partial charge in [-0.1, -0.05) is 0 Å². The van der Waals surface area contributed by atoms with Crippen molar-refractivity contribution in [3.63, 3.8) is 0 Å². The standard InChI is InChI=1S/C13H13N3O2/c1-9-11(13(17)18)2-3-12(16-9)15-8-10-4-6-14-7-5-10/h2-7H,8H2,1H3,(H,15,16)(H,17,18). The maximum Gasteiger partial charge on any atom is 0.337 e. The molecule has 0 aliphatic carbocycles. The Bertz CT molecular complexity index is 555. The number of aryl methyl sites for hydroxylation is 1. The minimum atomic E-state index is -0.958. The predicted molar refractivity (Wildman–Crippen MR) is 67.5 cm³/mol. The molecule has 0 saturated heterocycles. The van der Waals surface area contributed by atoms with E-state index in [2.05, 4.69) is 15.3 Å². The lowest BCUT2D eigenvalue weighted by Crippen LogP contribution is -2.06. The van der Waals surface area contributed by atoms with E-state index in [4.69, 9.17) is 5.11 Å². The van der Waals surface area contributed by atoms with Crippen molar-refractivity contribution in [2.24, 2.45) is 0 Å². The molecule has 18 heavy (non-hydrogen) atoms. The highest BCUT2D eigenvalue weighted by Crippen LogP contribution is 2.11. The van der Waals surface area contributed by atoms with Crippen molar-refractivity contribution in [3.8, 4) is 0 Å². The highest BCUT2D eigenvalue weighted by Gasteiger charge is 2.08. The zero-order valence-corrected chi connectivity index (χ0v) is 9.92. The van der Waals surface area contributed by atoms with Gasteiger partial charge in [-0.05, 0) is 36.8 Å². The minimum Gasteiger partial charge on any atom is -0.478 e. The smallest absolute Gasteiger partial charge is 0.337 e. The summed E-state index contributed by atoms with van der Waals surface area (Å²) in [4.78, 5) is 19.0. The Morgan fingerprint density at radius 1 is 1.28 bits per heavy atom. The van der Waals surface area contributed by atoms with E-state index in [1.165, 1.54) is 0 Å². The maximum absolute atomic E-state index is 10.8. The summed E-state index contributed by atoms with van der Waals surface area (Å²) in [7, 11) is 0. The summed E-state index contributed by atoms with van der Waals surface area (Å²) in [6.07, 6.45) is 3.45. The highest BCUT2D eigenvalue weighted by atomic mass is 16.4. The molecule has 0 atom stereocenters.